The van der Waals surface area contributed by atoms with Crippen LogP contribution in [0, 0.1) is 5.92 Å². The smallest absolute Gasteiger partial charge is 0.265 e. The fourth-order valence-corrected chi connectivity index (χ4v) is 5.66. The molecule has 2 amide bonds. The van der Waals surface area contributed by atoms with Crippen LogP contribution in [0.4, 0.5) is 5.69 Å². The SMILES string of the molecule is CC1CCN(CCCNC(=O)CN2C(=O)C(=Cc3cccc(Br)c3)Sc3ccccc32)CC1. The molecule has 4 rings (SSSR count). The van der Waals surface area contributed by atoms with Crippen molar-refractivity contribution in [3.05, 3.63) is 63.5 Å². The predicted octanol–water partition coefficient (Wildman–Crippen LogP) is 5.17. The highest BCUT2D eigenvalue weighted by Crippen LogP contribution is 2.42. The van der Waals surface area contributed by atoms with Crippen LogP contribution in [0.2, 0.25) is 0 Å². The van der Waals surface area contributed by atoms with Crippen molar-refractivity contribution in [2.24, 2.45) is 5.92 Å². The van der Waals surface area contributed by atoms with E-state index in [-0.39, 0.29) is 18.4 Å². The van der Waals surface area contributed by atoms with Crippen molar-refractivity contribution >= 4 is 51.3 Å². The Labute approximate surface area is 208 Å². The van der Waals surface area contributed by atoms with Gasteiger partial charge in [-0.1, -0.05) is 58.9 Å². The third-order valence-corrected chi connectivity index (χ3v) is 7.70. The van der Waals surface area contributed by atoms with E-state index in [0.29, 0.717) is 11.4 Å². The minimum Gasteiger partial charge on any atom is -0.355 e. The second kappa shape index (κ2) is 11.4. The van der Waals surface area contributed by atoms with Crippen LogP contribution in [0.5, 0.6) is 0 Å². The van der Waals surface area contributed by atoms with Gasteiger partial charge in [0.05, 0.1) is 10.6 Å². The summed E-state index contributed by atoms with van der Waals surface area (Å²) in [6.07, 6.45) is 5.33. The number of amides is 2. The Kier molecular flexibility index (Phi) is 8.28. The van der Waals surface area contributed by atoms with Gasteiger partial charge < -0.3 is 10.2 Å². The Morgan fingerprint density at radius 2 is 1.97 bits per heavy atom. The van der Waals surface area contributed by atoms with Gasteiger partial charge in [0.25, 0.3) is 5.91 Å². The average molecular weight is 529 g/mol. The molecule has 2 aliphatic heterocycles. The summed E-state index contributed by atoms with van der Waals surface area (Å²) in [6, 6.07) is 15.6. The lowest BCUT2D eigenvalue weighted by Crippen LogP contribution is -2.43. The maximum absolute atomic E-state index is 13.3. The first kappa shape index (κ1) is 24.0. The number of hydrogen-bond donors (Lipinski definition) is 1. The fraction of sp³-hybridized carbons (Fsp3) is 0.385. The number of anilines is 1. The number of nitrogens with one attached hydrogen (secondary N) is 1. The van der Waals surface area contributed by atoms with Gasteiger partial charge in [0, 0.05) is 15.9 Å². The van der Waals surface area contributed by atoms with Crippen LogP contribution in [0.3, 0.4) is 0 Å². The topological polar surface area (TPSA) is 52.7 Å². The molecule has 33 heavy (non-hydrogen) atoms. The monoisotopic (exact) mass is 527 g/mol. The molecular formula is C26H30BrN3O2S. The summed E-state index contributed by atoms with van der Waals surface area (Å²) in [5.41, 5.74) is 1.73. The standard InChI is InChI=1S/C26H30BrN3O2S/c1-19-10-14-29(15-11-19)13-5-12-28-25(31)18-30-22-8-2-3-9-23(22)33-24(26(30)32)17-20-6-4-7-21(27)16-20/h2-4,6-9,16-17,19H,5,10-15,18H2,1H3,(H,28,31). The van der Waals surface area contributed by atoms with Crippen molar-refractivity contribution in [3.63, 3.8) is 0 Å². The summed E-state index contributed by atoms with van der Waals surface area (Å²) in [7, 11) is 0. The van der Waals surface area contributed by atoms with Gasteiger partial charge >= 0.3 is 0 Å². The molecule has 5 nitrogen and oxygen atoms in total. The molecule has 0 atom stereocenters. The summed E-state index contributed by atoms with van der Waals surface area (Å²) in [5, 5.41) is 3.01. The molecule has 2 heterocycles. The van der Waals surface area contributed by atoms with Gasteiger partial charge in [-0.25, -0.2) is 0 Å². The van der Waals surface area contributed by atoms with Gasteiger partial charge in [0.15, 0.2) is 0 Å². The number of halogens is 1. The van der Waals surface area contributed by atoms with E-state index < -0.39 is 0 Å². The van der Waals surface area contributed by atoms with Crippen LogP contribution < -0.4 is 10.2 Å². The van der Waals surface area contributed by atoms with Gasteiger partial charge in [-0.2, -0.15) is 0 Å². The summed E-state index contributed by atoms with van der Waals surface area (Å²) >= 11 is 4.93. The molecular weight excluding hydrogens is 498 g/mol. The first-order valence-electron chi connectivity index (χ1n) is 11.5. The fourth-order valence-electron chi connectivity index (χ4n) is 4.18. The number of para-hydroxylation sites is 1. The maximum atomic E-state index is 13.3. The average Bonchev–Trinajstić information content (AvgIpc) is 2.81. The number of carbonyl (C=O) groups excluding carboxylic acids is 2. The first-order valence-corrected chi connectivity index (χ1v) is 13.2. The van der Waals surface area contributed by atoms with Gasteiger partial charge in [-0.05, 0) is 80.7 Å². The zero-order valence-corrected chi connectivity index (χ0v) is 21.3. The largest absolute Gasteiger partial charge is 0.355 e. The summed E-state index contributed by atoms with van der Waals surface area (Å²) in [4.78, 5) is 31.7. The predicted molar refractivity (Wildman–Crippen MR) is 139 cm³/mol. The Morgan fingerprint density at radius 3 is 2.76 bits per heavy atom. The number of carbonyl (C=O) groups is 2. The van der Waals surface area contributed by atoms with E-state index in [4.69, 9.17) is 0 Å². The summed E-state index contributed by atoms with van der Waals surface area (Å²) < 4.78 is 0.959. The highest BCUT2D eigenvalue weighted by atomic mass is 79.9. The number of piperidine rings is 1. The van der Waals surface area contributed by atoms with Crippen molar-refractivity contribution in [3.8, 4) is 0 Å². The second-order valence-corrected chi connectivity index (χ2v) is 10.8. The maximum Gasteiger partial charge on any atom is 0.265 e. The van der Waals surface area contributed by atoms with Crippen molar-refractivity contribution < 1.29 is 9.59 Å². The summed E-state index contributed by atoms with van der Waals surface area (Å²) in [6.45, 7) is 6.28. The van der Waals surface area contributed by atoms with Crippen LogP contribution >= 0.6 is 27.7 Å². The highest BCUT2D eigenvalue weighted by Gasteiger charge is 2.30. The molecule has 2 aliphatic rings. The number of nitrogens with zero attached hydrogens (tertiary/aromatic N) is 2. The molecule has 7 heteroatoms. The molecule has 2 aromatic carbocycles. The number of likely N-dealkylation sites (tertiary alicyclic amines) is 1. The second-order valence-electron chi connectivity index (χ2n) is 8.75. The Morgan fingerprint density at radius 1 is 1.18 bits per heavy atom. The Bertz CT molecular complexity index is 1030. The summed E-state index contributed by atoms with van der Waals surface area (Å²) in [5.74, 6) is 0.557. The van der Waals surface area contributed by atoms with Crippen molar-refractivity contribution in [2.45, 2.75) is 31.1 Å². The number of rotatable bonds is 7. The van der Waals surface area contributed by atoms with E-state index in [1.165, 1.54) is 24.6 Å². The normalized spacial score (nSPS) is 18.4. The molecule has 0 aromatic heterocycles. The molecule has 0 radical (unpaired) electrons. The van der Waals surface area contributed by atoms with Crippen molar-refractivity contribution in [2.75, 3.05) is 37.6 Å². The van der Waals surface area contributed by atoms with E-state index in [2.05, 4.69) is 33.1 Å². The lowest BCUT2D eigenvalue weighted by molar-refractivity contribution is -0.122. The van der Waals surface area contributed by atoms with E-state index in [0.717, 1.165) is 52.6 Å². The van der Waals surface area contributed by atoms with Gasteiger partial charge in [-0.3, -0.25) is 14.5 Å². The molecule has 174 valence electrons. The molecule has 1 N–H and O–H groups in total. The minimum atomic E-state index is -0.142. The molecule has 2 aromatic rings. The van der Waals surface area contributed by atoms with Gasteiger partial charge in [-0.15, -0.1) is 0 Å². The third-order valence-electron chi connectivity index (χ3n) is 6.13. The van der Waals surface area contributed by atoms with Crippen LogP contribution in [-0.4, -0.2) is 49.4 Å². The Hall–Kier alpha value is -2.09. The number of fused-ring (bicyclic) bond motifs is 1. The van der Waals surface area contributed by atoms with E-state index >= 15 is 0 Å². The molecule has 1 saturated heterocycles. The van der Waals surface area contributed by atoms with Crippen LogP contribution in [0.15, 0.2) is 62.8 Å². The highest BCUT2D eigenvalue weighted by molar-refractivity contribution is 9.10. The lowest BCUT2D eigenvalue weighted by Gasteiger charge is -2.30. The van der Waals surface area contributed by atoms with Crippen LogP contribution in [0.25, 0.3) is 6.08 Å². The quantitative estimate of drug-likeness (QED) is 0.398. The van der Waals surface area contributed by atoms with Crippen LogP contribution in [-0.2, 0) is 9.59 Å². The third kappa shape index (κ3) is 6.49. The van der Waals surface area contributed by atoms with Crippen molar-refractivity contribution in [1.29, 1.82) is 0 Å². The van der Waals surface area contributed by atoms with Crippen LogP contribution in [0.1, 0.15) is 31.7 Å². The van der Waals surface area contributed by atoms with Gasteiger partial charge in [0.2, 0.25) is 5.91 Å². The minimum absolute atomic E-state index is 0.0213. The van der Waals surface area contributed by atoms with E-state index in [1.807, 2.05) is 54.6 Å². The number of hydrogen-bond acceptors (Lipinski definition) is 4. The molecule has 0 aliphatic carbocycles. The molecule has 0 saturated carbocycles. The molecule has 0 unspecified atom stereocenters. The molecule has 0 bridgehead atoms. The van der Waals surface area contributed by atoms with Gasteiger partial charge in [0.1, 0.15) is 6.54 Å². The zero-order valence-electron chi connectivity index (χ0n) is 18.9. The first-order chi connectivity index (χ1) is 16.0. The molecule has 1 fully saturated rings. The van der Waals surface area contributed by atoms with Crippen molar-refractivity contribution in [1.82, 2.24) is 10.2 Å². The number of thioether (sulfide) groups is 1. The Balaban J connectivity index is 1.38. The zero-order chi connectivity index (χ0) is 23.2. The molecule has 0 spiro atoms. The number of benzene rings is 2. The van der Waals surface area contributed by atoms with E-state index in [1.54, 1.807) is 4.90 Å². The lowest BCUT2D eigenvalue weighted by atomic mass is 9.99. The van der Waals surface area contributed by atoms with E-state index in [9.17, 15) is 9.59 Å².